The van der Waals surface area contributed by atoms with Crippen molar-refractivity contribution in [3.8, 4) is 0 Å². The fraction of sp³-hybridized carbons (Fsp3) is 0.444. The van der Waals surface area contributed by atoms with Gasteiger partial charge in [0, 0.05) is 24.6 Å². The zero-order valence-electron chi connectivity index (χ0n) is 13.7. The van der Waals surface area contributed by atoms with Crippen molar-refractivity contribution >= 4 is 6.09 Å². The summed E-state index contributed by atoms with van der Waals surface area (Å²) in [6, 6.07) is 11.8. The van der Waals surface area contributed by atoms with Gasteiger partial charge in [-0.15, -0.1) is 0 Å². The third kappa shape index (κ3) is 3.69. The normalized spacial score (nSPS) is 20.8. The minimum Gasteiger partial charge on any atom is -0.453 e. The standard InChI is InChI=1S/C18H22N2O4/c1-23-18(22)20-10-9-14(16-12-17(21)19-24-16)11-15(20)8-7-13-5-3-2-4-6-13/h2-6,12,14-15H,7-11H2,1H3,(H,19,21)/t14-,15-/m1/s1. The van der Waals surface area contributed by atoms with Gasteiger partial charge in [-0.3, -0.25) is 4.79 Å². The first kappa shape index (κ1) is 16.4. The number of nitrogens with one attached hydrogen (secondary N) is 1. The lowest BCUT2D eigenvalue weighted by Crippen LogP contribution is -2.45. The van der Waals surface area contributed by atoms with Gasteiger partial charge in [-0.1, -0.05) is 30.3 Å². The van der Waals surface area contributed by atoms with Crippen molar-refractivity contribution in [3.05, 3.63) is 58.1 Å². The number of H-pyrrole nitrogens is 1. The van der Waals surface area contributed by atoms with E-state index in [-0.39, 0.29) is 23.6 Å². The largest absolute Gasteiger partial charge is 0.453 e. The number of benzene rings is 1. The number of hydrogen-bond donors (Lipinski definition) is 1. The number of ether oxygens (including phenoxy) is 1. The zero-order chi connectivity index (χ0) is 16.9. The molecule has 1 aliphatic heterocycles. The average Bonchev–Trinajstić information content (AvgIpc) is 3.06. The number of piperidine rings is 1. The van der Waals surface area contributed by atoms with E-state index in [1.807, 2.05) is 18.2 Å². The zero-order valence-corrected chi connectivity index (χ0v) is 13.7. The Labute approximate surface area is 140 Å². The number of rotatable bonds is 4. The molecule has 2 aromatic rings. The van der Waals surface area contributed by atoms with Crippen LogP contribution in [0.1, 0.15) is 36.5 Å². The van der Waals surface area contributed by atoms with Crippen molar-refractivity contribution in [1.82, 2.24) is 10.1 Å². The maximum absolute atomic E-state index is 12.1. The number of hydrogen-bond acceptors (Lipinski definition) is 4. The number of methoxy groups -OCH3 is 1. The highest BCUT2D eigenvalue weighted by Gasteiger charge is 2.34. The maximum Gasteiger partial charge on any atom is 0.409 e. The molecular weight excluding hydrogens is 308 g/mol. The molecule has 0 unspecified atom stereocenters. The summed E-state index contributed by atoms with van der Waals surface area (Å²) in [6.45, 7) is 0.603. The summed E-state index contributed by atoms with van der Waals surface area (Å²) in [7, 11) is 1.41. The summed E-state index contributed by atoms with van der Waals surface area (Å²) < 4.78 is 10.2. The first-order valence-electron chi connectivity index (χ1n) is 8.24. The molecule has 1 fully saturated rings. The number of nitrogens with zero attached hydrogens (tertiary/aromatic N) is 1. The number of amides is 1. The van der Waals surface area contributed by atoms with Crippen LogP contribution in [-0.2, 0) is 11.2 Å². The molecular formula is C18H22N2O4. The topological polar surface area (TPSA) is 75.5 Å². The smallest absolute Gasteiger partial charge is 0.409 e. The summed E-state index contributed by atoms with van der Waals surface area (Å²) in [5, 5.41) is 2.35. The van der Waals surface area contributed by atoms with E-state index in [1.165, 1.54) is 18.7 Å². The molecule has 128 valence electrons. The van der Waals surface area contributed by atoms with Crippen LogP contribution in [0.2, 0.25) is 0 Å². The number of carbonyl (C=O) groups excluding carboxylic acids is 1. The molecule has 1 aliphatic rings. The van der Waals surface area contributed by atoms with E-state index in [0.717, 1.165) is 25.7 Å². The van der Waals surface area contributed by atoms with E-state index in [1.54, 1.807) is 4.90 Å². The van der Waals surface area contributed by atoms with Crippen LogP contribution in [0.3, 0.4) is 0 Å². The molecule has 0 bridgehead atoms. The third-order valence-corrected chi connectivity index (χ3v) is 4.68. The van der Waals surface area contributed by atoms with Crippen LogP contribution in [-0.4, -0.2) is 35.8 Å². The summed E-state index contributed by atoms with van der Waals surface area (Å²) in [6.07, 6.45) is 2.98. The van der Waals surface area contributed by atoms with Gasteiger partial charge in [0.1, 0.15) is 5.76 Å². The Kier molecular flexibility index (Phi) is 5.03. The number of aromatic amines is 1. The van der Waals surface area contributed by atoms with Crippen LogP contribution in [0, 0.1) is 0 Å². The molecule has 0 radical (unpaired) electrons. The molecule has 0 saturated carbocycles. The molecule has 1 amide bonds. The van der Waals surface area contributed by atoms with Crippen LogP contribution in [0.15, 0.2) is 45.7 Å². The highest BCUT2D eigenvalue weighted by molar-refractivity contribution is 5.68. The predicted molar refractivity (Wildman–Crippen MR) is 89.0 cm³/mol. The Balaban J connectivity index is 1.71. The second-order valence-electron chi connectivity index (χ2n) is 6.18. The van der Waals surface area contributed by atoms with Gasteiger partial charge in [-0.25, -0.2) is 4.79 Å². The maximum atomic E-state index is 12.1. The highest BCUT2D eigenvalue weighted by Crippen LogP contribution is 2.33. The van der Waals surface area contributed by atoms with Gasteiger partial charge in [0.25, 0.3) is 5.56 Å². The average molecular weight is 330 g/mol. The number of aryl methyl sites for hydroxylation is 1. The van der Waals surface area contributed by atoms with Gasteiger partial charge in [-0.05, 0) is 31.2 Å². The van der Waals surface area contributed by atoms with E-state index in [9.17, 15) is 9.59 Å². The number of carbonyl (C=O) groups is 1. The molecule has 1 N–H and O–H groups in total. The summed E-state index contributed by atoms with van der Waals surface area (Å²) in [4.78, 5) is 25.2. The van der Waals surface area contributed by atoms with E-state index >= 15 is 0 Å². The van der Waals surface area contributed by atoms with Crippen molar-refractivity contribution in [2.24, 2.45) is 0 Å². The van der Waals surface area contributed by atoms with Crippen LogP contribution < -0.4 is 5.56 Å². The van der Waals surface area contributed by atoms with E-state index in [4.69, 9.17) is 9.26 Å². The molecule has 1 aromatic carbocycles. The fourth-order valence-corrected chi connectivity index (χ4v) is 3.42. The molecule has 6 heteroatoms. The summed E-state index contributed by atoms with van der Waals surface area (Å²) in [5.41, 5.74) is 1.03. The molecule has 1 aromatic heterocycles. The van der Waals surface area contributed by atoms with Crippen LogP contribution >= 0.6 is 0 Å². The van der Waals surface area contributed by atoms with Gasteiger partial charge in [0.2, 0.25) is 0 Å². The second-order valence-corrected chi connectivity index (χ2v) is 6.18. The fourth-order valence-electron chi connectivity index (χ4n) is 3.42. The Morgan fingerprint density at radius 3 is 2.83 bits per heavy atom. The van der Waals surface area contributed by atoms with Gasteiger partial charge in [0.15, 0.2) is 0 Å². The first-order chi connectivity index (χ1) is 11.7. The molecule has 0 aliphatic carbocycles. The van der Waals surface area contributed by atoms with Gasteiger partial charge >= 0.3 is 6.09 Å². The van der Waals surface area contributed by atoms with Crippen LogP contribution in [0.5, 0.6) is 0 Å². The van der Waals surface area contributed by atoms with Crippen molar-refractivity contribution in [2.75, 3.05) is 13.7 Å². The van der Waals surface area contributed by atoms with Gasteiger partial charge < -0.3 is 14.2 Å². The molecule has 6 nitrogen and oxygen atoms in total. The lowest BCUT2D eigenvalue weighted by molar-refractivity contribution is 0.0789. The number of aromatic nitrogens is 1. The monoisotopic (exact) mass is 330 g/mol. The predicted octanol–water partition coefficient (Wildman–Crippen LogP) is 2.92. The van der Waals surface area contributed by atoms with E-state index in [0.29, 0.717) is 12.3 Å². The molecule has 1 saturated heterocycles. The Morgan fingerprint density at radius 1 is 1.38 bits per heavy atom. The van der Waals surface area contributed by atoms with E-state index in [2.05, 4.69) is 17.3 Å². The quantitative estimate of drug-likeness (QED) is 0.935. The SMILES string of the molecule is COC(=O)N1CC[C@@H](c2cc(=O)[nH]o2)C[C@H]1CCc1ccccc1. The van der Waals surface area contributed by atoms with Crippen LogP contribution in [0.4, 0.5) is 4.79 Å². The van der Waals surface area contributed by atoms with Gasteiger partial charge in [-0.2, -0.15) is 5.16 Å². The summed E-state index contributed by atoms with van der Waals surface area (Å²) >= 11 is 0. The molecule has 24 heavy (non-hydrogen) atoms. The Bertz CT molecular complexity index is 722. The van der Waals surface area contributed by atoms with E-state index < -0.39 is 0 Å². The number of likely N-dealkylation sites (tertiary alicyclic amines) is 1. The molecule has 3 rings (SSSR count). The second kappa shape index (κ2) is 7.38. The van der Waals surface area contributed by atoms with Crippen molar-refractivity contribution in [2.45, 2.75) is 37.6 Å². The minimum atomic E-state index is -0.290. The summed E-state index contributed by atoms with van der Waals surface area (Å²) in [5.74, 6) is 0.819. The molecule has 0 spiro atoms. The lowest BCUT2D eigenvalue weighted by atomic mass is 9.86. The first-order valence-corrected chi connectivity index (χ1v) is 8.24. The van der Waals surface area contributed by atoms with Crippen LogP contribution in [0.25, 0.3) is 0 Å². The third-order valence-electron chi connectivity index (χ3n) is 4.68. The lowest BCUT2D eigenvalue weighted by Gasteiger charge is -2.38. The van der Waals surface area contributed by atoms with Gasteiger partial charge in [0.05, 0.1) is 7.11 Å². The van der Waals surface area contributed by atoms with Crippen molar-refractivity contribution in [3.63, 3.8) is 0 Å². The highest BCUT2D eigenvalue weighted by atomic mass is 16.5. The van der Waals surface area contributed by atoms with Crippen molar-refractivity contribution < 1.29 is 14.1 Å². The minimum absolute atomic E-state index is 0.0663. The molecule has 2 heterocycles. The molecule has 2 atom stereocenters. The Hall–Kier alpha value is -2.50. The van der Waals surface area contributed by atoms with Crippen molar-refractivity contribution in [1.29, 1.82) is 0 Å². The Morgan fingerprint density at radius 2 is 2.17 bits per heavy atom.